The lowest BCUT2D eigenvalue weighted by Gasteiger charge is -2.32. The van der Waals surface area contributed by atoms with Crippen molar-refractivity contribution in [1.82, 2.24) is 14.5 Å². The number of phenols is 3. The first-order valence-electron chi connectivity index (χ1n) is 34.9. The third-order valence-corrected chi connectivity index (χ3v) is 20.9. The first-order chi connectivity index (χ1) is 52.5. The molecule has 18 rings (SSSR count). The van der Waals surface area contributed by atoms with Gasteiger partial charge >= 0.3 is 0 Å². The van der Waals surface area contributed by atoms with Crippen LogP contribution in [-0.4, -0.2) is 131 Å². The Hall–Kier alpha value is -12.8. The molecule has 0 saturated carbocycles. The molecule has 0 radical (unpaired) electrons. The number of phenolic OH excluding ortho intramolecular Hbond substituents is 3. The second kappa shape index (κ2) is 28.9. The molecule has 0 bridgehead atoms. The van der Waals surface area contributed by atoms with E-state index >= 15 is 0 Å². The third-order valence-electron chi connectivity index (χ3n) is 20.2. The molecule has 4 amide bonds. The topological polar surface area (TPSA) is 274 Å². The number of fused-ring (bicyclic) bond motifs is 15. The Labute approximate surface area is 628 Å². The van der Waals surface area contributed by atoms with Crippen LogP contribution in [0.4, 0.5) is 34.1 Å². The zero-order valence-electron chi connectivity index (χ0n) is 59.3. The normalized spacial score (nSPS) is 17.5. The molecule has 0 spiro atoms. The highest BCUT2D eigenvalue weighted by Gasteiger charge is 2.41. The Kier molecular flexibility index (Phi) is 18.6. The van der Waals surface area contributed by atoms with E-state index in [0.717, 1.165) is 69.1 Å². The fourth-order valence-corrected chi connectivity index (χ4v) is 15.3. The maximum Gasteiger partial charge on any atom is 0.261 e. The van der Waals surface area contributed by atoms with Gasteiger partial charge in [0.15, 0.2) is 46.0 Å². The fourth-order valence-electron chi connectivity index (χ4n) is 15.0. The molecular weight excluding hydrogens is 1440 g/mol. The molecule has 9 heterocycles. The lowest BCUT2D eigenvalue weighted by atomic mass is 10.0. The number of imidazole rings is 1. The zero-order valence-corrected chi connectivity index (χ0v) is 60.8. The molecular formula is C83H71BrN10O14. The number of carbonyl (C=O) groups excluding carboxylic acids is 4. The van der Waals surface area contributed by atoms with Crippen LogP contribution >= 0.6 is 15.9 Å². The predicted molar refractivity (Wildman–Crippen MR) is 410 cm³/mol. The van der Waals surface area contributed by atoms with E-state index in [1.165, 1.54) is 27.4 Å². The van der Waals surface area contributed by atoms with Crippen LogP contribution in [-0.2, 0) is 64.4 Å². The van der Waals surface area contributed by atoms with Gasteiger partial charge in [-0.25, -0.2) is 4.98 Å². The molecule has 108 heavy (non-hydrogen) atoms. The minimum Gasteiger partial charge on any atom is -0.508 e. The molecule has 0 aliphatic carbocycles. The van der Waals surface area contributed by atoms with Gasteiger partial charge in [-0.2, -0.15) is 0 Å². The lowest BCUT2D eigenvalue weighted by Crippen LogP contribution is -2.43. The second-order valence-corrected chi connectivity index (χ2v) is 27.5. The van der Waals surface area contributed by atoms with Gasteiger partial charge in [0.2, 0.25) is 0 Å². The summed E-state index contributed by atoms with van der Waals surface area (Å²) in [7, 11) is 8.00. The molecule has 3 N–H and O–H groups in total. The summed E-state index contributed by atoms with van der Waals surface area (Å²) >= 11 is 3.41. The highest BCUT2D eigenvalue weighted by molar-refractivity contribution is 9.08. The largest absolute Gasteiger partial charge is 0.508 e. The third kappa shape index (κ3) is 13.1. The van der Waals surface area contributed by atoms with Crippen LogP contribution in [0.3, 0.4) is 0 Å². The number of carbonyl (C=O) groups is 4. The number of ether oxygens (including phenoxy) is 7. The van der Waals surface area contributed by atoms with Crippen LogP contribution in [0.25, 0.3) is 0 Å². The average molecular weight is 1510 g/mol. The second-order valence-electron chi connectivity index (χ2n) is 26.9. The number of halogens is 1. The van der Waals surface area contributed by atoms with Gasteiger partial charge in [0.25, 0.3) is 23.6 Å². The van der Waals surface area contributed by atoms with Crippen LogP contribution in [0.5, 0.6) is 57.5 Å². The number of aryl methyl sites for hydroxylation is 1. The maximum atomic E-state index is 13.8. The minimum atomic E-state index is -0.340. The van der Waals surface area contributed by atoms with Gasteiger partial charge < -0.3 is 57.9 Å². The standard InChI is InChI=1S/C41H36N6O7.C25H21BrN2O4.C17H14N2O3/c1-45-22-44-32-19-46-39(16-34(32)45)43-17-26-12-37(35(51-2)13-29(26)40(46)49)53-20-23-8-24(10-28(48)9-23)21-54-38-15-31-30(14-36(38)52-3)41(50)47-27(18-42-31)11-25-6-4-5-7-33(25)47;1-31-23-10-20-21(11-24(23)32-14-16-6-15(12-26)7-19(29)8-16)27-13-18-9-17-4-2-3-5-22(17)28(18)25(20)30;1-22-16-7-12-13(8-15(16)20)18-9-11-6-10-4-2-3-5-14(10)19(11)17(12)21/h4-10,12-15,17-18,22,27,39,48H,11,16,19-21H2,1-3H3;2-8,10-11,13,18,29H,9,12,14H2,1H3;2-5,7-9,11,20H,6H2,1H3/t27-,39-;18-;11-/m000/s1. The van der Waals surface area contributed by atoms with Gasteiger partial charge in [-0.3, -0.25) is 53.8 Å². The average Bonchev–Trinajstić information content (AvgIpc) is 1.61. The van der Waals surface area contributed by atoms with Crippen LogP contribution < -0.4 is 47.9 Å². The summed E-state index contributed by atoms with van der Waals surface area (Å²) in [6.45, 7) is 0.802. The highest BCUT2D eigenvalue weighted by atomic mass is 79.9. The van der Waals surface area contributed by atoms with Crippen molar-refractivity contribution in [3.05, 3.63) is 242 Å². The van der Waals surface area contributed by atoms with Crippen molar-refractivity contribution in [1.29, 1.82) is 0 Å². The summed E-state index contributed by atoms with van der Waals surface area (Å²) < 4.78 is 42.4. The summed E-state index contributed by atoms with van der Waals surface area (Å²) in [5.41, 5.74) is 15.1. The van der Waals surface area contributed by atoms with Crippen molar-refractivity contribution in [2.24, 2.45) is 27.0 Å². The Balaban J connectivity index is 0.000000138. The zero-order chi connectivity index (χ0) is 74.6. The molecule has 0 fully saturated rings. The van der Waals surface area contributed by atoms with Gasteiger partial charge in [-0.15, -0.1) is 0 Å². The van der Waals surface area contributed by atoms with Crippen LogP contribution in [0.2, 0.25) is 0 Å². The van der Waals surface area contributed by atoms with Crippen molar-refractivity contribution in [3.63, 3.8) is 0 Å². The van der Waals surface area contributed by atoms with E-state index < -0.39 is 0 Å². The van der Waals surface area contributed by atoms with Gasteiger partial charge in [-0.1, -0.05) is 76.6 Å². The number of hydrogen-bond acceptors (Lipinski definition) is 19. The number of alkyl halides is 1. The summed E-state index contributed by atoms with van der Waals surface area (Å²) in [6.07, 6.45) is 11.3. The van der Waals surface area contributed by atoms with Crippen molar-refractivity contribution in [2.75, 3.05) is 43.1 Å². The lowest BCUT2D eigenvalue weighted by molar-refractivity contribution is 0.0646. The van der Waals surface area contributed by atoms with Gasteiger partial charge in [0, 0.05) is 109 Å². The molecule has 8 aliphatic heterocycles. The quantitative estimate of drug-likeness (QED) is 0.0854. The first-order valence-corrected chi connectivity index (χ1v) is 36.0. The van der Waals surface area contributed by atoms with Crippen molar-refractivity contribution >= 4 is 98.5 Å². The number of aliphatic imine (C=N–C) groups is 4. The number of anilines is 3. The number of methoxy groups -OCH3 is 4. The number of aromatic hydroxyl groups is 3. The SMILES string of the molecule is COc1cc2c(cc1O)N=C[C@@H]1Cc3ccccc3N1C2=O.COc1cc2c(cc1OCc1cc(O)cc(CBr)c1)N=C[C@@H]1Cc3ccccc3N1C2=O.COc1cc2c(cc1OCc1cc(O)cc(COc3cc4c(cc3OC)C(=O)N3c5ccccc5C[C@H]3C=N4)c1)C=N[C@@H]1Cc3c(ncn3C)CN1C2=O. The molecule has 10 aromatic rings. The molecule has 0 saturated heterocycles. The summed E-state index contributed by atoms with van der Waals surface area (Å²) in [5, 5.41) is 31.1. The first kappa shape index (κ1) is 69.6. The molecule has 4 atom stereocenters. The van der Waals surface area contributed by atoms with E-state index in [4.69, 9.17) is 43.1 Å². The Bertz CT molecular complexity index is 5460. The molecule has 8 aliphatic rings. The highest BCUT2D eigenvalue weighted by Crippen LogP contribution is 2.46. The van der Waals surface area contributed by atoms with Crippen molar-refractivity contribution in [2.45, 2.75) is 81.7 Å². The Morgan fingerprint density at radius 2 is 0.861 bits per heavy atom. The number of nitrogens with zero attached hydrogens (tertiary/aromatic N) is 10. The van der Waals surface area contributed by atoms with Gasteiger partial charge in [0.05, 0.1) is 104 Å². The number of hydrogen-bond donors (Lipinski definition) is 3. The number of para-hydroxylation sites is 3. The number of rotatable bonds is 14. The predicted octanol–water partition coefficient (Wildman–Crippen LogP) is 13.4. The van der Waals surface area contributed by atoms with Crippen LogP contribution in [0, 0.1) is 0 Å². The number of benzene rings is 9. The van der Waals surface area contributed by atoms with Crippen molar-refractivity contribution in [3.8, 4) is 57.5 Å². The summed E-state index contributed by atoms with van der Waals surface area (Å²) in [5.74, 6) is 2.52. The Morgan fingerprint density at radius 3 is 1.31 bits per heavy atom. The Morgan fingerprint density at radius 1 is 0.454 bits per heavy atom. The molecule has 9 aromatic carbocycles. The molecule has 24 nitrogen and oxygen atoms in total. The van der Waals surface area contributed by atoms with E-state index in [2.05, 4.69) is 30.9 Å². The van der Waals surface area contributed by atoms with Crippen molar-refractivity contribution < 1.29 is 67.7 Å². The summed E-state index contributed by atoms with van der Waals surface area (Å²) in [6, 6.07) is 47.0. The van der Waals surface area contributed by atoms with E-state index in [-0.39, 0.29) is 90.7 Å². The molecule has 1 aromatic heterocycles. The van der Waals surface area contributed by atoms with Crippen LogP contribution in [0.15, 0.2) is 184 Å². The van der Waals surface area contributed by atoms with Crippen LogP contribution in [0.1, 0.15) is 97.3 Å². The van der Waals surface area contributed by atoms with E-state index in [0.29, 0.717) is 115 Å². The number of aromatic nitrogens is 2. The van der Waals surface area contributed by atoms with E-state index in [1.807, 2.05) is 109 Å². The van der Waals surface area contributed by atoms with E-state index in [9.17, 15) is 34.5 Å². The number of amides is 4. The molecule has 0 unspecified atom stereocenters. The van der Waals surface area contributed by atoms with Gasteiger partial charge in [0.1, 0.15) is 37.5 Å². The smallest absolute Gasteiger partial charge is 0.261 e. The molecule has 544 valence electrons. The van der Waals surface area contributed by atoms with E-state index in [1.54, 1.807) is 112 Å². The maximum absolute atomic E-state index is 13.8. The minimum absolute atomic E-state index is 0.0198. The monoisotopic (exact) mass is 1510 g/mol. The fraction of sp³-hybridized carbons (Fsp3) is 0.217. The molecule has 25 heteroatoms. The van der Waals surface area contributed by atoms with Gasteiger partial charge in [-0.05, 0) is 118 Å². The summed E-state index contributed by atoms with van der Waals surface area (Å²) in [4.78, 5) is 84.0.